The Morgan fingerprint density at radius 2 is 1.76 bits per heavy atom. The normalized spacial score (nSPS) is 15.6. The van der Waals surface area contributed by atoms with E-state index in [1.807, 2.05) is 38.1 Å². The van der Waals surface area contributed by atoms with Crippen molar-refractivity contribution in [1.82, 2.24) is 10.2 Å². The molecule has 0 spiro atoms. The monoisotopic (exact) mass is 367 g/mol. The van der Waals surface area contributed by atoms with Crippen LogP contribution in [0.1, 0.15) is 55.5 Å². The van der Waals surface area contributed by atoms with Crippen molar-refractivity contribution in [3.63, 3.8) is 0 Å². The number of hydrogen-bond donors (Lipinski definition) is 2. The van der Waals surface area contributed by atoms with E-state index in [2.05, 4.69) is 5.32 Å². The molecule has 1 saturated carbocycles. The third-order valence-electron chi connectivity index (χ3n) is 4.84. The molecule has 2 rings (SSSR count). The molecule has 140 valence electrons. The van der Waals surface area contributed by atoms with Crippen molar-refractivity contribution in [2.24, 2.45) is 11.7 Å². The molecule has 0 aliphatic heterocycles. The van der Waals surface area contributed by atoms with Crippen LogP contribution in [0.5, 0.6) is 0 Å². The molecule has 1 fully saturated rings. The fourth-order valence-corrected chi connectivity index (χ4v) is 3.30. The van der Waals surface area contributed by atoms with Gasteiger partial charge in [0.25, 0.3) is 5.91 Å². The van der Waals surface area contributed by atoms with E-state index >= 15 is 0 Å². The van der Waals surface area contributed by atoms with E-state index in [1.165, 1.54) is 0 Å². The van der Waals surface area contributed by atoms with Gasteiger partial charge in [0.15, 0.2) is 0 Å². The second kappa shape index (κ2) is 9.20. The second-order valence-corrected chi connectivity index (χ2v) is 7.19. The van der Waals surface area contributed by atoms with Crippen molar-refractivity contribution >= 4 is 24.2 Å². The number of nitrogens with one attached hydrogen (secondary N) is 1. The highest BCUT2D eigenvalue weighted by atomic mass is 35.5. The predicted octanol–water partition coefficient (Wildman–Crippen LogP) is 2.72. The molecule has 0 bridgehead atoms. The zero-order valence-corrected chi connectivity index (χ0v) is 16.2. The van der Waals surface area contributed by atoms with E-state index in [9.17, 15) is 9.59 Å². The van der Waals surface area contributed by atoms with Gasteiger partial charge in [0, 0.05) is 31.6 Å². The maximum atomic E-state index is 12.5. The minimum absolute atomic E-state index is 0. The number of hydrogen-bond acceptors (Lipinski definition) is 3. The number of nitrogens with two attached hydrogens (primary N) is 1. The van der Waals surface area contributed by atoms with Crippen molar-refractivity contribution in [1.29, 1.82) is 0 Å². The van der Waals surface area contributed by atoms with Crippen LogP contribution in [0.2, 0.25) is 0 Å². The minimum Gasteiger partial charge on any atom is -0.345 e. The lowest BCUT2D eigenvalue weighted by molar-refractivity contribution is -0.133. The molecule has 2 amide bonds. The highest BCUT2D eigenvalue weighted by Crippen LogP contribution is 2.29. The van der Waals surface area contributed by atoms with E-state index in [-0.39, 0.29) is 35.7 Å². The first-order valence-corrected chi connectivity index (χ1v) is 8.73. The van der Waals surface area contributed by atoms with Gasteiger partial charge < -0.3 is 16.0 Å². The first-order chi connectivity index (χ1) is 11.4. The first-order valence-electron chi connectivity index (χ1n) is 8.73. The molecule has 3 N–H and O–H groups in total. The van der Waals surface area contributed by atoms with Crippen LogP contribution in [0, 0.1) is 5.92 Å². The van der Waals surface area contributed by atoms with E-state index in [0.29, 0.717) is 18.7 Å². The second-order valence-electron chi connectivity index (χ2n) is 7.19. The van der Waals surface area contributed by atoms with Crippen molar-refractivity contribution in [2.75, 3.05) is 13.6 Å². The summed E-state index contributed by atoms with van der Waals surface area (Å²) in [7, 11) is 1.80. The van der Waals surface area contributed by atoms with Gasteiger partial charge in [-0.05, 0) is 30.5 Å². The fraction of sp³-hybridized carbons (Fsp3) is 0.579. The number of amides is 2. The molecule has 1 aromatic rings. The molecule has 0 heterocycles. The predicted molar refractivity (Wildman–Crippen MR) is 103 cm³/mol. The van der Waals surface area contributed by atoms with Crippen LogP contribution >= 0.6 is 12.4 Å². The maximum absolute atomic E-state index is 12.5. The van der Waals surface area contributed by atoms with Crippen LogP contribution < -0.4 is 11.1 Å². The SMILES string of the molecule is CC(C)C(=O)N(C)Cc1ccc(C(=O)NC2(CN)CCCC2)cc1.Cl. The molecule has 1 aliphatic carbocycles. The summed E-state index contributed by atoms with van der Waals surface area (Å²) in [5.41, 5.74) is 7.29. The van der Waals surface area contributed by atoms with E-state index < -0.39 is 0 Å². The van der Waals surface area contributed by atoms with E-state index in [1.54, 1.807) is 11.9 Å². The highest BCUT2D eigenvalue weighted by molar-refractivity contribution is 5.94. The lowest BCUT2D eigenvalue weighted by Crippen LogP contribution is -2.51. The van der Waals surface area contributed by atoms with Crippen LogP contribution in [-0.4, -0.2) is 35.8 Å². The lowest BCUT2D eigenvalue weighted by atomic mass is 9.97. The van der Waals surface area contributed by atoms with Crippen LogP contribution in [0.15, 0.2) is 24.3 Å². The first kappa shape index (κ1) is 21.5. The standard InChI is InChI=1S/C19H29N3O2.ClH/c1-14(2)18(24)22(3)12-15-6-8-16(9-7-15)17(23)21-19(13-20)10-4-5-11-19;/h6-9,14H,4-5,10-13,20H2,1-3H3,(H,21,23);1H. The van der Waals surface area contributed by atoms with Gasteiger partial charge in [0.1, 0.15) is 0 Å². The third-order valence-corrected chi connectivity index (χ3v) is 4.84. The van der Waals surface area contributed by atoms with Gasteiger partial charge in [-0.1, -0.05) is 38.8 Å². The summed E-state index contributed by atoms with van der Waals surface area (Å²) < 4.78 is 0. The maximum Gasteiger partial charge on any atom is 0.251 e. The van der Waals surface area contributed by atoms with Crippen molar-refractivity contribution in [3.05, 3.63) is 35.4 Å². The lowest BCUT2D eigenvalue weighted by Gasteiger charge is -2.28. The van der Waals surface area contributed by atoms with Crippen LogP contribution in [-0.2, 0) is 11.3 Å². The number of carbonyl (C=O) groups excluding carboxylic acids is 2. The Balaban J connectivity index is 0.00000312. The molecular weight excluding hydrogens is 338 g/mol. The van der Waals surface area contributed by atoms with Crippen molar-refractivity contribution < 1.29 is 9.59 Å². The quantitative estimate of drug-likeness (QED) is 0.811. The molecule has 5 nitrogen and oxygen atoms in total. The van der Waals surface area contributed by atoms with Gasteiger partial charge in [-0.15, -0.1) is 12.4 Å². The van der Waals surface area contributed by atoms with Crippen molar-refractivity contribution in [3.8, 4) is 0 Å². The summed E-state index contributed by atoms with van der Waals surface area (Å²) in [5.74, 6) is 0.0300. The summed E-state index contributed by atoms with van der Waals surface area (Å²) in [6.07, 6.45) is 4.14. The Morgan fingerprint density at radius 1 is 1.20 bits per heavy atom. The number of nitrogens with zero attached hydrogens (tertiary/aromatic N) is 1. The molecule has 0 unspecified atom stereocenters. The third kappa shape index (κ3) is 5.44. The molecular formula is C19H30ClN3O2. The summed E-state index contributed by atoms with van der Waals surface area (Å²) in [6, 6.07) is 7.45. The Kier molecular flexibility index (Phi) is 7.90. The van der Waals surface area contributed by atoms with Gasteiger partial charge >= 0.3 is 0 Å². The molecule has 25 heavy (non-hydrogen) atoms. The zero-order valence-electron chi connectivity index (χ0n) is 15.4. The highest BCUT2D eigenvalue weighted by Gasteiger charge is 2.34. The number of carbonyl (C=O) groups is 2. The van der Waals surface area contributed by atoms with Crippen molar-refractivity contribution in [2.45, 2.75) is 51.6 Å². The van der Waals surface area contributed by atoms with Gasteiger partial charge in [0.2, 0.25) is 5.91 Å². The molecule has 0 aromatic heterocycles. The molecule has 1 aromatic carbocycles. The number of halogens is 1. The minimum atomic E-state index is -0.236. The smallest absolute Gasteiger partial charge is 0.251 e. The van der Waals surface area contributed by atoms with Crippen LogP contribution in [0.25, 0.3) is 0 Å². The van der Waals surface area contributed by atoms with Crippen LogP contribution in [0.3, 0.4) is 0 Å². The fourth-order valence-electron chi connectivity index (χ4n) is 3.30. The summed E-state index contributed by atoms with van der Waals surface area (Å²) >= 11 is 0. The van der Waals surface area contributed by atoms with E-state index in [0.717, 1.165) is 31.2 Å². The molecule has 0 radical (unpaired) electrons. The average Bonchev–Trinajstić information content (AvgIpc) is 3.03. The summed E-state index contributed by atoms with van der Waals surface area (Å²) in [4.78, 5) is 26.1. The topological polar surface area (TPSA) is 75.4 Å². The van der Waals surface area contributed by atoms with Gasteiger partial charge in [-0.2, -0.15) is 0 Å². The Labute approximate surface area is 156 Å². The van der Waals surface area contributed by atoms with Gasteiger partial charge in [0.05, 0.1) is 5.54 Å². The summed E-state index contributed by atoms with van der Waals surface area (Å²) in [5, 5.41) is 3.12. The molecule has 1 aliphatic rings. The van der Waals surface area contributed by atoms with Crippen LogP contribution in [0.4, 0.5) is 0 Å². The summed E-state index contributed by atoms with van der Waals surface area (Å²) in [6.45, 7) is 4.82. The number of benzene rings is 1. The largest absolute Gasteiger partial charge is 0.345 e. The molecule has 0 atom stereocenters. The van der Waals surface area contributed by atoms with Gasteiger partial charge in [-0.25, -0.2) is 0 Å². The zero-order chi connectivity index (χ0) is 17.7. The molecule has 0 saturated heterocycles. The molecule has 6 heteroatoms. The Bertz CT molecular complexity index is 581. The number of rotatable bonds is 6. The van der Waals surface area contributed by atoms with Gasteiger partial charge in [-0.3, -0.25) is 9.59 Å². The Hall–Kier alpha value is -1.59. The van der Waals surface area contributed by atoms with E-state index in [4.69, 9.17) is 5.73 Å². The Morgan fingerprint density at radius 3 is 2.24 bits per heavy atom. The average molecular weight is 368 g/mol.